The van der Waals surface area contributed by atoms with Gasteiger partial charge in [-0.3, -0.25) is 4.79 Å². The fraction of sp³-hybridized carbons (Fsp3) is 0.480. The van der Waals surface area contributed by atoms with Gasteiger partial charge in [0.1, 0.15) is 5.60 Å². The summed E-state index contributed by atoms with van der Waals surface area (Å²) < 4.78 is 5.78. The smallest absolute Gasteiger partial charge is 0.338 e. The number of nitrogens with one attached hydrogen (secondary N) is 1. The molecule has 2 heterocycles. The Hall–Kier alpha value is -2.58. The number of thioether (sulfide) groups is 1. The van der Waals surface area contributed by atoms with Crippen LogP contribution >= 0.6 is 11.8 Å². The second-order valence-electron chi connectivity index (χ2n) is 9.58. The number of likely N-dealkylation sites (N-methyl/N-ethyl adjacent to an activating group) is 1. The molecule has 0 radical (unpaired) electrons. The molecular formula is C25H34N4O3S. The van der Waals surface area contributed by atoms with E-state index in [1.165, 1.54) is 11.8 Å². The number of hydrogen-bond acceptors (Lipinski definition) is 7. The topological polar surface area (TPSA) is 74.2 Å². The Bertz CT molecular complexity index is 1020. The van der Waals surface area contributed by atoms with Crippen LogP contribution < -0.4 is 5.32 Å². The first-order valence-electron chi connectivity index (χ1n) is 11.1. The molecule has 1 amide bonds. The number of allylic oxidation sites excluding steroid dienone is 1. The van der Waals surface area contributed by atoms with Crippen LogP contribution in [0.15, 0.2) is 51.6 Å². The number of aliphatic imine (C=N–C) groups is 1. The van der Waals surface area contributed by atoms with E-state index in [1.54, 1.807) is 0 Å². The van der Waals surface area contributed by atoms with Gasteiger partial charge < -0.3 is 19.9 Å². The largest absolute Gasteiger partial charge is 0.456 e. The van der Waals surface area contributed by atoms with Gasteiger partial charge in [0.05, 0.1) is 23.7 Å². The number of amides is 1. The Balaban J connectivity index is 1.96. The van der Waals surface area contributed by atoms with E-state index in [4.69, 9.17) is 9.73 Å². The van der Waals surface area contributed by atoms with Gasteiger partial charge in [-0.25, -0.2) is 9.79 Å². The normalized spacial score (nSPS) is 18.2. The molecule has 0 bridgehead atoms. The van der Waals surface area contributed by atoms with Gasteiger partial charge in [-0.15, -0.1) is 0 Å². The van der Waals surface area contributed by atoms with E-state index in [-0.39, 0.29) is 18.3 Å². The summed E-state index contributed by atoms with van der Waals surface area (Å²) in [6, 6.07) is 7.59. The van der Waals surface area contributed by atoms with E-state index in [9.17, 15) is 9.59 Å². The summed E-state index contributed by atoms with van der Waals surface area (Å²) in [6.45, 7) is 10.8. The molecule has 178 valence electrons. The van der Waals surface area contributed by atoms with E-state index in [0.717, 1.165) is 28.5 Å². The summed E-state index contributed by atoms with van der Waals surface area (Å²) in [5.74, 6) is -0.443. The number of carbonyl (C=O) groups is 2. The van der Waals surface area contributed by atoms with E-state index >= 15 is 0 Å². The molecule has 1 N–H and O–H groups in total. The first kappa shape index (κ1) is 25.1. The molecule has 7 nitrogen and oxygen atoms in total. The second kappa shape index (κ2) is 10.1. The number of aryl methyl sites for hydroxylation is 1. The molecule has 1 aromatic rings. The Labute approximate surface area is 200 Å². The monoisotopic (exact) mass is 470 g/mol. The number of fused-ring (bicyclic) bond motifs is 1. The number of ether oxygens (including phenoxy) is 1. The molecule has 3 rings (SSSR count). The predicted octanol–water partition coefficient (Wildman–Crippen LogP) is 3.98. The van der Waals surface area contributed by atoms with Crippen LogP contribution in [-0.4, -0.2) is 59.6 Å². The van der Waals surface area contributed by atoms with Crippen LogP contribution in [0.4, 0.5) is 0 Å². The van der Waals surface area contributed by atoms with Crippen LogP contribution in [0, 0.1) is 6.92 Å². The molecule has 0 saturated heterocycles. The van der Waals surface area contributed by atoms with Gasteiger partial charge >= 0.3 is 5.97 Å². The second-order valence-corrected chi connectivity index (χ2v) is 10.4. The van der Waals surface area contributed by atoms with Crippen molar-refractivity contribution in [2.75, 3.05) is 27.2 Å². The summed E-state index contributed by atoms with van der Waals surface area (Å²) >= 11 is 1.48. The molecule has 0 saturated carbocycles. The van der Waals surface area contributed by atoms with Crippen LogP contribution in [-0.2, 0) is 14.3 Å². The molecular weight excluding hydrogens is 436 g/mol. The molecule has 1 aromatic carbocycles. The van der Waals surface area contributed by atoms with Crippen molar-refractivity contribution in [1.29, 1.82) is 0 Å². The third-order valence-corrected chi connectivity index (χ3v) is 6.21. The molecule has 33 heavy (non-hydrogen) atoms. The number of nitrogens with zero attached hydrogens (tertiary/aromatic N) is 3. The average molecular weight is 471 g/mol. The predicted molar refractivity (Wildman–Crippen MR) is 134 cm³/mol. The lowest BCUT2D eigenvalue weighted by atomic mass is 9.91. The lowest BCUT2D eigenvalue weighted by Crippen LogP contribution is -2.40. The van der Waals surface area contributed by atoms with Crippen LogP contribution in [0.25, 0.3) is 0 Å². The first-order valence-corrected chi connectivity index (χ1v) is 12.0. The van der Waals surface area contributed by atoms with Gasteiger partial charge in [-0.05, 0) is 65.2 Å². The molecule has 8 heteroatoms. The Morgan fingerprint density at radius 2 is 1.91 bits per heavy atom. The van der Waals surface area contributed by atoms with Crippen molar-refractivity contribution in [3.05, 3.63) is 57.8 Å². The van der Waals surface area contributed by atoms with Gasteiger partial charge in [0.25, 0.3) is 0 Å². The highest BCUT2D eigenvalue weighted by molar-refractivity contribution is 8.16. The molecule has 2 aliphatic rings. The quantitative estimate of drug-likeness (QED) is 0.608. The molecule has 1 unspecified atom stereocenters. The number of hydrogen-bond donors (Lipinski definition) is 1. The average Bonchev–Trinajstić information content (AvgIpc) is 3.07. The lowest BCUT2D eigenvalue weighted by Gasteiger charge is -2.37. The summed E-state index contributed by atoms with van der Waals surface area (Å²) in [5.41, 5.74) is 3.39. The van der Waals surface area contributed by atoms with Crippen LogP contribution in [0.5, 0.6) is 0 Å². The zero-order valence-electron chi connectivity index (χ0n) is 20.6. The summed E-state index contributed by atoms with van der Waals surface area (Å²) in [4.78, 5) is 34.8. The highest BCUT2D eigenvalue weighted by Crippen LogP contribution is 2.45. The van der Waals surface area contributed by atoms with Crippen molar-refractivity contribution < 1.29 is 14.3 Å². The Kier molecular flexibility index (Phi) is 7.69. The van der Waals surface area contributed by atoms with Gasteiger partial charge in [0, 0.05) is 18.8 Å². The van der Waals surface area contributed by atoms with Crippen LogP contribution in [0.3, 0.4) is 0 Å². The highest BCUT2D eigenvalue weighted by atomic mass is 32.2. The standard InChI is InChI=1S/C25H34N4O3S/c1-16-10-8-9-11-19(16)22-21(23(31)32-25(3,4)5)17(2)27-24-29(22)18(15-33-24)14-20(30)26-12-13-28(6)7/h8-11,15,22H,12-14H2,1-7H3,(H,26,30). The molecule has 0 spiro atoms. The van der Waals surface area contributed by atoms with Gasteiger partial charge in [0.15, 0.2) is 5.17 Å². The minimum absolute atomic E-state index is 0.0569. The Morgan fingerprint density at radius 1 is 1.21 bits per heavy atom. The summed E-state index contributed by atoms with van der Waals surface area (Å²) in [5, 5.41) is 5.70. The summed E-state index contributed by atoms with van der Waals surface area (Å²) in [7, 11) is 3.94. The lowest BCUT2D eigenvalue weighted by molar-refractivity contribution is -0.150. The van der Waals surface area contributed by atoms with Crippen LogP contribution in [0.1, 0.15) is 51.3 Å². The third kappa shape index (κ3) is 6.06. The van der Waals surface area contributed by atoms with Crippen molar-refractivity contribution >= 4 is 28.8 Å². The van der Waals surface area contributed by atoms with Crippen molar-refractivity contribution in [2.24, 2.45) is 4.99 Å². The van der Waals surface area contributed by atoms with Crippen molar-refractivity contribution in [2.45, 2.75) is 52.7 Å². The number of rotatable bonds is 7. The van der Waals surface area contributed by atoms with Gasteiger partial charge in [-0.1, -0.05) is 36.0 Å². The molecule has 0 aromatic heterocycles. The minimum Gasteiger partial charge on any atom is -0.456 e. The number of esters is 1. The van der Waals surface area contributed by atoms with Crippen LogP contribution in [0.2, 0.25) is 0 Å². The molecule has 0 fully saturated rings. The third-order valence-electron chi connectivity index (χ3n) is 5.33. The minimum atomic E-state index is -0.630. The maximum absolute atomic E-state index is 13.4. The summed E-state index contributed by atoms with van der Waals surface area (Å²) in [6.07, 6.45) is 0.211. The van der Waals surface area contributed by atoms with E-state index in [2.05, 4.69) is 5.32 Å². The first-order chi connectivity index (χ1) is 15.5. The highest BCUT2D eigenvalue weighted by Gasteiger charge is 2.42. The van der Waals surface area contributed by atoms with Gasteiger partial charge in [0.2, 0.25) is 5.91 Å². The molecule has 1 atom stereocenters. The van der Waals surface area contributed by atoms with E-state index in [1.807, 2.05) is 88.2 Å². The maximum atomic E-state index is 13.4. The zero-order chi connectivity index (χ0) is 24.3. The Morgan fingerprint density at radius 3 is 2.55 bits per heavy atom. The SMILES string of the molecule is CC1=C(C(=O)OC(C)(C)C)C(c2ccccc2C)N2C(CC(=O)NCCN(C)C)=CSC2=N1. The zero-order valence-corrected chi connectivity index (χ0v) is 21.4. The number of carbonyl (C=O) groups excluding carboxylic acids is 2. The maximum Gasteiger partial charge on any atom is 0.338 e. The fourth-order valence-corrected chi connectivity index (χ4v) is 4.76. The van der Waals surface area contributed by atoms with Crippen molar-refractivity contribution in [3.8, 4) is 0 Å². The van der Waals surface area contributed by atoms with E-state index in [0.29, 0.717) is 17.8 Å². The number of benzene rings is 1. The van der Waals surface area contributed by atoms with Crippen molar-refractivity contribution in [3.63, 3.8) is 0 Å². The van der Waals surface area contributed by atoms with Gasteiger partial charge in [-0.2, -0.15) is 0 Å². The fourth-order valence-electron chi connectivity index (χ4n) is 3.80. The van der Waals surface area contributed by atoms with E-state index < -0.39 is 11.6 Å². The molecule has 2 aliphatic heterocycles. The molecule has 0 aliphatic carbocycles. The van der Waals surface area contributed by atoms with Crippen molar-refractivity contribution in [1.82, 2.24) is 15.1 Å². The number of amidine groups is 1.